The van der Waals surface area contributed by atoms with Crippen LogP contribution in [-0.2, 0) is 21.5 Å². The van der Waals surface area contributed by atoms with Gasteiger partial charge >= 0.3 is 0 Å². The van der Waals surface area contributed by atoms with E-state index in [1.807, 2.05) is 72.3 Å². The van der Waals surface area contributed by atoms with Gasteiger partial charge in [-0.25, -0.2) is 4.68 Å². The van der Waals surface area contributed by atoms with Gasteiger partial charge in [-0.05, 0) is 53.9 Å². The highest BCUT2D eigenvalue weighted by Gasteiger charge is 2.40. The van der Waals surface area contributed by atoms with E-state index < -0.39 is 0 Å². The molecule has 0 saturated carbocycles. The maximum atomic E-state index is 13.8. The molecule has 0 spiro atoms. The molecular weight excluding hydrogens is 542 g/mol. The highest BCUT2D eigenvalue weighted by atomic mass is 35.5. The number of fused-ring (bicyclic) bond motifs is 1. The number of carbonyl (C=O) groups is 2. The molecule has 1 N–H and O–H groups in total. The van der Waals surface area contributed by atoms with Crippen LogP contribution in [-0.4, -0.2) is 38.9 Å². The van der Waals surface area contributed by atoms with Gasteiger partial charge in [0.1, 0.15) is 12.4 Å². The van der Waals surface area contributed by atoms with Crippen LogP contribution in [0.25, 0.3) is 5.69 Å². The molecule has 1 aliphatic rings. The molecule has 4 aromatic rings. The van der Waals surface area contributed by atoms with Gasteiger partial charge in [-0.2, -0.15) is 5.10 Å². The number of pyridine rings is 1. The smallest absolute Gasteiger partial charge is 0.240 e. The Morgan fingerprint density at radius 1 is 1.10 bits per heavy atom. The number of amides is 2. The number of nitrogens with one attached hydrogen (secondary N) is 1. The number of aromatic nitrogens is 3. The molecule has 1 aliphatic heterocycles. The van der Waals surface area contributed by atoms with Crippen LogP contribution in [0.15, 0.2) is 73.1 Å². The third-order valence-electron chi connectivity index (χ3n) is 6.84. The second-order valence-electron chi connectivity index (χ2n) is 10.9. The summed E-state index contributed by atoms with van der Waals surface area (Å²) < 4.78 is 1.85. The Kier molecular flexibility index (Phi) is 8.01. The van der Waals surface area contributed by atoms with Crippen LogP contribution in [0.1, 0.15) is 54.0 Å². The van der Waals surface area contributed by atoms with Gasteiger partial charge in [-0.1, -0.05) is 62.7 Å². The van der Waals surface area contributed by atoms with Gasteiger partial charge in [0.15, 0.2) is 0 Å². The van der Waals surface area contributed by atoms with Crippen LogP contribution < -0.4 is 10.2 Å². The van der Waals surface area contributed by atoms with Crippen molar-refractivity contribution in [3.05, 3.63) is 106 Å². The highest BCUT2D eigenvalue weighted by molar-refractivity contribution is 8.00. The molecule has 0 bridgehead atoms. The van der Waals surface area contributed by atoms with Crippen LogP contribution >= 0.6 is 23.4 Å². The van der Waals surface area contributed by atoms with Crippen molar-refractivity contribution >= 4 is 41.0 Å². The van der Waals surface area contributed by atoms with Gasteiger partial charge in [-0.3, -0.25) is 19.5 Å². The predicted octanol–water partition coefficient (Wildman–Crippen LogP) is 6.01. The molecule has 1 unspecified atom stereocenters. The third kappa shape index (κ3) is 5.78. The molecule has 0 radical (unpaired) electrons. The Labute approximate surface area is 243 Å². The molecule has 7 nitrogen and oxygen atoms in total. The van der Waals surface area contributed by atoms with Gasteiger partial charge in [0, 0.05) is 34.9 Å². The van der Waals surface area contributed by atoms with E-state index in [9.17, 15) is 9.59 Å². The van der Waals surface area contributed by atoms with Crippen LogP contribution in [0.3, 0.4) is 0 Å². The fraction of sp³-hybridized carbons (Fsp3) is 0.290. The second kappa shape index (κ2) is 11.5. The van der Waals surface area contributed by atoms with Gasteiger partial charge in [0.25, 0.3) is 0 Å². The van der Waals surface area contributed by atoms with Gasteiger partial charge in [0.05, 0.1) is 22.4 Å². The molecule has 1 atom stereocenters. The molecule has 0 aliphatic carbocycles. The van der Waals surface area contributed by atoms with E-state index in [2.05, 4.69) is 31.1 Å². The largest absolute Gasteiger partial charge is 0.350 e. The molecule has 2 amide bonds. The zero-order chi connectivity index (χ0) is 28.4. The summed E-state index contributed by atoms with van der Waals surface area (Å²) in [4.78, 5) is 32.7. The first-order valence-electron chi connectivity index (χ1n) is 13.2. The normalized spacial score (nSPS) is 15.5. The monoisotopic (exact) mass is 573 g/mol. The lowest BCUT2D eigenvalue weighted by molar-refractivity contribution is -0.123. The fourth-order valence-electron chi connectivity index (χ4n) is 4.88. The number of thioether (sulfide) groups is 1. The summed E-state index contributed by atoms with van der Waals surface area (Å²) in [6.45, 7) is 8.61. The zero-order valence-corrected chi connectivity index (χ0v) is 24.6. The first kappa shape index (κ1) is 27.9. The van der Waals surface area contributed by atoms with Crippen LogP contribution in [0.5, 0.6) is 0 Å². The Morgan fingerprint density at radius 3 is 2.55 bits per heavy atom. The molecule has 3 heterocycles. The lowest BCUT2D eigenvalue weighted by Gasteiger charge is -2.25. The Bertz CT molecular complexity index is 1550. The highest BCUT2D eigenvalue weighted by Crippen LogP contribution is 2.48. The molecule has 40 heavy (non-hydrogen) atoms. The minimum Gasteiger partial charge on any atom is -0.350 e. The minimum absolute atomic E-state index is 0.124. The van der Waals surface area contributed by atoms with E-state index in [4.69, 9.17) is 16.7 Å². The first-order chi connectivity index (χ1) is 19.1. The molecule has 0 fully saturated rings. The molecule has 2 aromatic heterocycles. The number of aryl methyl sites for hydroxylation is 1. The number of anilines is 1. The average Bonchev–Trinajstić information content (AvgIpc) is 3.26. The molecular formula is C31H32ClN5O2S. The molecule has 2 aromatic carbocycles. The first-order valence-corrected chi connectivity index (χ1v) is 14.6. The van der Waals surface area contributed by atoms with Gasteiger partial charge in [-0.15, -0.1) is 11.8 Å². The number of halogens is 1. The van der Waals surface area contributed by atoms with Crippen molar-refractivity contribution in [2.75, 3.05) is 17.2 Å². The topological polar surface area (TPSA) is 80.1 Å². The number of benzene rings is 2. The van der Waals surface area contributed by atoms with E-state index in [1.165, 1.54) is 11.8 Å². The van der Waals surface area contributed by atoms with E-state index >= 15 is 0 Å². The van der Waals surface area contributed by atoms with Crippen LogP contribution in [0, 0.1) is 6.92 Å². The number of hydrogen-bond acceptors (Lipinski definition) is 5. The molecule has 5 rings (SSSR count). The summed E-state index contributed by atoms with van der Waals surface area (Å²) >= 11 is 7.97. The van der Waals surface area contributed by atoms with E-state index in [0.29, 0.717) is 17.4 Å². The van der Waals surface area contributed by atoms with Crippen molar-refractivity contribution in [1.29, 1.82) is 0 Å². The number of hydrogen-bond donors (Lipinski definition) is 1. The lowest BCUT2D eigenvalue weighted by Crippen LogP contribution is -2.42. The molecule has 9 heteroatoms. The third-order valence-corrected chi connectivity index (χ3v) is 8.33. The minimum atomic E-state index is -0.335. The van der Waals surface area contributed by atoms with E-state index in [1.54, 1.807) is 17.3 Å². The average molecular weight is 574 g/mol. The van der Waals surface area contributed by atoms with Crippen molar-refractivity contribution < 1.29 is 9.59 Å². The summed E-state index contributed by atoms with van der Waals surface area (Å²) in [5.74, 6) is 0.432. The zero-order valence-electron chi connectivity index (χ0n) is 23.0. The van der Waals surface area contributed by atoms with Crippen molar-refractivity contribution in [3.8, 4) is 5.69 Å². The molecule has 0 saturated heterocycles. The SMILES string of the molecule is Cc1ccccc1-n1nc(C(C)(C)C)c2c1N(CC(=O)NCc1ccncc1)C(=O)CSC2c1cccc(Cl)c1. The molecule has 206 valence electrons. The van der Waals surface area contributed by atoms with Gasteiger partial charge < -0.3 is 5.32 Å². The van der Waals surface area contributed by atoms with Crippen molar-refractivity contribution in [2.45, 2.75) is 44.9 Å². The standard InChI is InChI=1S/C31H32ClN5O2S/c1-20-8-5-6-11-24(20)37-30-27(29(35-37)31(2,3)4)28(22-9-7-10-23(32)16-22)40-19-26(39)36(30)18-25(38)34-17-21-12-14-33-15-13-21/h5-16,28H,17-19H2,1-4H3,(H,34,38). The Balaban J connectivity index is 1.67. The Morgan fingerprint density at radius 2 is 1.85 bits per heavy atom. The number of nitrogens with zero attached hydrogens (tertiary/aromatic N) is 4. The lowest BCUT2D eigenvalue weighted by atomic mass is 9.87. The van der Waals surface area contributed by atoms with Crippen molar-refractivity contribution in [2.24, 2.45) is 0 Å². The van der Waals surface area contributed by atoms with E-state index in [0.717, 1.165) is 33.6 Å². The van der Waals surface area contributed by atoms with Crippen molar-refractivity contribution in [3.63, 3.8) is 0 Å². The summed E-state index contributed by atoms with van der Waals surface area (Å²) in [6, 6.07) is 19.4. The summed E-state index contributed by atoms with van der Waals surface area (Å²) in [7, 11) is 0. The number of para-hydroxylation sites is 1. The maximum absolute atomic E-state index is 13.8. The number of carbonyl (C=O) groups excluding carboxylic acids is 2. The summed E-state index contributed by atoms with van der Waals surface area (Å²) in [5.41, 5.74) is 5.27. The van der Waals surface area contributed by atoms with Crippen LogP contribution in [0.2, 0.25) is 5.02 Å². The number of rotatable bonds is 6. The second-order valence-corrected chi connectivity index (χ2v) is 12.4. The summed E-state index contributed by atoms with van der Waals surface area (Å²) in [6.07, 6.45) is 3.38. The quantitative estimate of drug-likeness (QED) is 0.305. The Hall–Kier alpha value is -3.62. The maximum Gasteiger partial charge on any atom is 0.240 e. The van der Waals surface area contributed by atoms with Crippen molar-refractivity contribution in [1.82, 2.24) is 20.1 Å². The summed E-state index contributed by atoms with van der Waals surface area (Å²) in [5, 5.41) is 8.55. The van der Waals surface area contributed by atoms with Crippen LogP contribution in [0.4, 0.5) is 5.82 Å². The predicted molar refractivity (Wildman–Crippen MR) is 161 cm³/mol. The fourth-order valence-corrected chi connectivity index (χ4v) is 6.26. The van der Waals surface area contributed by atoms with E-state index in [-0.39, 0.29) is 34.8 Å². The van der Waals surface area contributed by atoms with Gasteiger partial charge in [0.2, 0.25) is 11.8 Å².